The van der Waals surface area contributed by atoms with Gasteiger partial charge in [-0.15, -0.1) is 0 Å². The second kappa shape index (κ2) is 2.46. The molecule has 8 heavy (non-hydrogen) atoms. The Hall–Kier alpha value is -0.0800. The molecule has 1 aliphatic rings. The highest BCUT2D eigenvalue weighted by Gasteiger charge is 2.14. The summed E-state index contributed by atoms with van der Waals surface area (Å²) in [4.78, 5) is 2.35. The second-order valence-corrected chi connectivity index (χ2v) is 2.77. The Kier molecular flexibility index (Phi) is 1.86. The van der Waals surface area contributed by atoms with Crippen molar-refractivity contribution in [3.63, 3.8) is 0 Å². The lowest BCUT2D eigenvalue weighted by atomic mass is 10.1. The van der Waals surface area contributed by atoms with Crippen molar-refractivity contribution in [1.29, 1.82) is 0 Å². The van der Waals surface area contributed by atoms with Crippen LogP contribution in [0, 0.1) is 0 Å². The fourth-order valence-electron chi connectivity index (χ4n) is 1.27. The van der Waals surface area contributed by atoms with Gasteiger partial charge in [0.1, 0.15) is 0 Å². The molecule has 2 nitrogen and oxygen atoms in total. The Balaban J connectivity index is 2.23. The smallest absolute Gasteiger partial charge is 0.0972 e. The highest BCUT2D eigenvalue weighted by atomic mass is 15.1. The quantitative estimate of drug-likeness (QED) is 0.445. The molecule has 0 amide bonds. The van der Waals surface area contributed by atoms with Gasteiger partial charge in [0.25, 0.3) is 0 Å². The summed E-state index contributed by atoms with van der Waals surface area (Å²) in [7, 11) is 2.16. The lowest BCUT2D eigenvalue weighted by Gasteiger charge is -2.24. The van der Waals surface area contributed by atoms with Crippen molar-refractivity contribution in [3.8, 4) is 0 Å². The van der Waals surface area contributed by atoms with E-state index in [1.165, 1.54) is 25.9 Å². The monoisotopic (exact) mass is 115 g/mol. The van der Waals surface area contributed by atoms with Crippen LogP contribution in [0.4, 0.5) is 0 Å². The van der Waals surface area contributed by atoms with Gasteiger partial charge in [-0.3, -0.25) is 0 Å². The Morgan fingerprint density at radius 3 is 2.75 bits per heavy atom. The number of quaternary nitrogens is 1. The van der Waals surface area contributed by atoms with E-state index >= 15 is 0 Å². The molecule has 1 atom stereocenters. The molecule has 1 fully saturated rings. The van der Waals surface area contributed by atoms with E-state index in [0.29, 0.717) is 6.04 Å². The lowest BCUT2D eigenvalue weighted by molar-refractivity contribution is -0.426. The Morgan fingerprint density at radius 2 is 2.38 bits per heavy atom. The van der Waals surface area contributed by atoms with Crippen LogP contribution in [0.2, 0.25) is 0 Å². The van der Waals surface area contributed by atoms with Crippen molar-refractivity contribution in [2.75, 3.05) is 20.1 Å². The van der Waals surface area contributed by atoms with E-state index in [1.807, 2.05) is 0 Å². The van der Waals surface area contributed by atoms with Gasteiger partial charge in [0.2, 0.25) is 0 Å². The molecule has 0 aromatic heterocycles. The maximum Gasteiger partial charge on any atom is 0.0972 e. The molecule has 0 aromatic carbocycles. The zero-order chi connectivity index (χ0) is 5.98. The van der Waals surface area contributed by atoms with Crippen LogP contribution in [0.25, 0.3) is 0 Å². The highest BCUT2D eigenvalue weighted by Crippen LogP contribution is 2.02. The minimum Gasteiger partial charge on any atom is -0.354 e. The number of piperidine rings is 1. The van der Waals surface area contributed by atoms with Gasteiger partial charge < -0.3 is 10.6 Å². The van der Waals surface area contributed by atoms with Gasteiger partial charge in [0.05, 0.1) is 12.6 Å². The van der Waals surface area contributed by atoms with Crippen LogP contribution in [0.5, 0.6) is 0 Å². The Bertz CT molecular complexity index is 64.9. The molecule has 0 bridgehead atoms. The summed E-state index contributed by atoms with van der Waals surface area (Å²) in [5, 5.41) is 0. The summed E-state index contributed by atoms with van der Waals surface area (Å²) in [6.07, 6.45) is 2.66. The molecule has 1 aliphatic heterocycles. The van der Waals surface area contributed by atoms with Crippen molar-refractivity contribution in [2.24, 2.45) is 0 Å². The molecule has 1 saturated heterocycles. The van der Waals surface area contributed by atoms with E-state index in [4.69, 9.17) is 0 Å². The molecule has 2 heteroatoms. The molecular weight excluding hydrogens is 100 g/mol. The first-order valence-corrected chi connectivity index (χ1v) is 3.30. The van der Waals surface area contributed by atoms with Crippen molar-refractivity contribution < 1.29 is 5.73 Å². The molecule has 0 aliphatic carbocycles. The van der Waals surface area contributed by atoms with Gasteiger partial charge in [0.15, 0.2) is 0 Å². The molecule has 0 saturated carbocycles. The van der Waals surface area contributed by atoms with Crippen molar-refractivity contribution >= 4 is 0 Å². The summed E-state index contributed by atoms with van der Waals surface area (Å²) in [6, 6.07) is 0.689. The van der Waals surface area contributed by atoms with E-state index in [-0.39, 0.29) is 0 Å². The largest absolute Gasteiger partial charge is 0.354 e. The SMILES string of the molecule is CN1CCCC([NH3+])C1. The van der Waals surface area contributed by atoms with Crippen LogP contribution < -0.4 is 5.73 Å². The second-order valence-electron chi connectivity index (χ2n) is 2.77. The maximum atomic E-state index is 4.01. The van der Waals surface area contributed by atoms with Crippen LogP contribution in [0.15, 0.2) is 0 Å². The van der Waals surface area contributed by atoms with Gasteiger partial charge in [-0.25, -0.2) is 0 Å². The summed E-state index contributed by atoms with van der Waals surface area (Å²) in [6.45, 7) is 2.46. The van der Waals surface area contributed by atoms with Crippen molar-refractivity contribution in [2.45, 2.75) is 18.9 Å². The zero-order valence-corrected chi connectivity index (χ0v) is 5.56. The fourth-order valence-corrected chi connectivity index (χ4v) is 1.27. The molecular formula is C6H15N2+. The molecule has 48 valence electrons. The number of nitrogens with zero attached hydrogens (tertiary/aromatic N) is 1. The van der Waals surface area contributed by atoms with E-state index in [2.05, 4.69) is 17.7 Å². The predicted molar refractivity (Wildman–Crippen MR) is 33.4 cm³/mol. The van der Waals surface area contributed by atoms with Crippen molar-refractivity contribution in [3.05, 3.63) is 0 Å². The molecule has 0 spiro atoms. The van der Waals surface area contributed by atoms with Crippen molar-refractivity contribution in [1.82, 2.24) is 4.90 Å². The number of likely N-dealkylation sites (N-methyl/N-ethyl adjacent to an activating group) is 1. The summed E-state index contributed by atoms with van der Waals surface area (Å²) < 4.78 is 0. The number of hydrogen-bond acceptors (Lipinski definition) is 1. The van der Waals surface area contributed by atoms with E-state index < -0.39 is 0 Å². The zero-order valence-electron chi connectivity index (χ0n) is 5.56. The first-order chi connectivity index (χ1) is 3.79. The van der Waals surface area contributed by atoms with Gasteiger partial charge in [0, 0.05) is 6.42 Å². The minimum atomic E-state index is 0.689. The minimum absolute atomic E-state index is 0.689. The molecule has 1 rings (SSSR count). The maximum absolute atomic E-state index is 4.01. The summed E-state index contributed by atoms with van der Waals surface area (Å²) in [5.74, 6) is 0. The van der Waals surface area contributed by atoms with Crippen LogP contribution in [0.1, 0.15) is 12.8 Å². The number of hydrogen-bond donors (Lipinski definition) is 1. The summed E-state index contributed by atoms with van der Waals surface area (Å²) >= 11 is 0. The fraction of sp³-hybridized carbons (Fsp3) is 1.00. The van der Waals surface area contributed by atoms with Gasteiger partial charge in [-0.1, -0.05) is 0 Å². The lowest BCUT2D eigenvalue weighted by Crippen LogP contribution is -2.66. The first kappa shape index (κ1) is 6.05. The third kappa shape index (κ3) is 1.46. The van der Waals surface area contributed by atoms with E-state index in [0.717, 1.165) is 0 Å². The van der Waals surface area contributed by atoms with Crippen LogP contribution in [-0.2, 0) is 0 Å². The molecule has 1 heterocycles. The van der Waals surface area contributed by atoms with Gasteiger partial charge >= 0.3 is 0 Å². The van der Waals surface area contributed by atoms with Crippen LogP contribution in [0.3, 0.4) is 0 Å². The molecule has 3 N–H and O–H groups in total. The average Bonchev–Trinajstić information content (AvgIpc) is 1.64. The normalized spacial score (nSPS) is 33.0. The van der Waals surface area contributed by atoms with Crippen LogP contribution in [-0.4, -0.2) is 31.1 Å². The Morgan fingerprint density at radius 1 is 1.62 bits per heavy atom. The van der Waals surface area contributed by atoms with E-state index in [1.54, 1.807) is 0 Å². The number of rotatable bonds is 0. The highest BCUT2D eigenvalue weighted by molar-refractivity contribution is 4.66. The molecule has 1 unspecified atom stereocenters. The third-order valence-corrected chi connectivity index (χ3v) is 1.72. The first-order valence-electron chi connectivity index (χ1n) is 3.30. The molecule has 0 radical (unpaired) electrons. The molecule has 0 aromatic rings. The van der Waals surface area contributed by atoms with Crippen LogP contribution >= 0.6 is 0 Å². The standard InChI is InChI=1S/C6H14N2/c1-8-4-2-3-6(7)5-8/h6H,2-5,7H2,1H3/p+1. The predicted octanol–water partition coefficient (Wildman–Crippen LogP) is -0.677. The average molecular weight is 115 g/mol. The Labute approximate surface area is 50.7 Å². The van der Waals surface area contributed by atoms with Gasteiger partial charge in [-0.2, -0.15) is 0 Å². The topological polar surface area (TPSA) is 30.9 Å². The summed E-state index contributed by atoms with van der Waals surface area (Å²) in [5.41, 5.74) is 4.01. The van der Waals surface area contributed by atoms with E-state index in [9.17, 15) is 0 Å². The third-order valence-electron chi connectivity index (χ3n) is 1.72. The number of likely N-dealkylation sites (tertiary alicyclic amines) is 1. The van der Waals surface area contributed by atoms with Gasteiger partial charge in [-0.05, 0) is 20.0 Å².